The van der Waals surface area contributed by atoms with Crippen molar-refractivity contribution in [3.63, 3.8) is 0 Å². The highest BCUT2D eigenvalue weighted by Crippen LogP contribution is 2.38. The van der Waals surface area contributed by atoms with Crippen LogP contribution in [0.5, 0.6) is 0 Å². The van der Waals surface area contributed by atoms with Gasteiger partial charge in [0.15, 0.2) is 0 Å². The fourth-order valence-electron chi connectivity index (χ4n) is 4.16. The molecular weight excluding hydrogens is 476 g/mol. The van der Waals surface area contributed by atoms with E-state index in [-0.39, 0.29) is 34.1 Å². The minimum absolute atomic E-state index is 0.0203. The fraction of sp³-hybridized carbons (Fsp3) is 0.222. The number of amides is 2. The molecule has 0 bridgehead atoms. The molecule has 0 radical (unpaired) electrons. The fourth-order valence-corrected chi connectivity index (χ4v) is 5.74. The van der Waals surface area contributed by atoms with Gasteiger partial charge in [-0.2, -0.15) is 9.29 Å². The van der Waals surface area contributed by atoms with Gasteiger partial charge < -0.3 is 4.52 Å². The van der Waals surface area contributed by atoms with Crippen LogP contribution in [0.25, 0.3) is 11.4 Å². The van der Waals surface area contributed by atoms with Gasteiger partial charge in [0.05, 0.1) is 11.4 Å². The van der Waals surface area contributed by atoms with Gasteiger partial charge in [-0.25, -0.2) is 13.2 Å². The van der Waals surface area contributed by atoms with Crippen LogP contribution in [-0.2, 0) is 22.0 Å². The monoisotopic (exact) mass is 502 g/mol. The van der Waals surface area contributed by atoms with Crippen molar-refractivity contribution in [1.29, 1.82) is 0 Å². The van der Waals surface area contributed by atoms with Gasteiger partial charge in [0.2, 0.25) is 11.7 Å². The van der Waals surface area contributed by atoms with E-state index in [1.165, 1.54) is 16.5 Å². The molecule has 5 rings (SSSR count). The van der Waals surface area contributed by atoms with E-state index in [1.807, 2.05) is 37.3 Å². The van der Waals surface area contributed by atoms with E-state index in [0.29, 0.717) is 5.82 Å². The molecule has 4 aromatic rings. The Morgan fingerprint density at radius 2 is 1.67 bits per heavy atom. The normalized spacial score (nSPS) is 15.2. The predicted molar refractivity (Wildman–Crippen MR) is 137 cm³/mol. The first-order chi connectivity index (χ1) is 17.1. The van der Waals surface area contributed by atoms with E-state index in [2.05, 4.69) is 30.9 Å². The number of carbonyl (C=O) groups excluding carboxylic acids is 1. The molecule has 0 fully saturated rings. The molecule has 0 unspecified atom stereocenters. The Hall–Kier alpha value is -3.98. The van der Waals surface area contributed by atoms with Crippen molar-refractivity contribution in [1.82, 2.24) is 10.1 Å². The van der Waals surface area contributed by atoms with Gasteiger partial charge in [0.25, 0.3) is 10.0 Å². The van der Waals surface area contributed by atoms with Crippen molar-refractivity contribution in [2.75, 3.05) is 9.21 Å². The van der Waals surface area contributed by atoms with Crippen molar-refractivity contribution >= 4 is 27.4 Å². The maximum absolute atomic E-state index is 13.6. The average molecular weight is 503 g/mol. The number of anilines is 2. The Labute approximate surface area is 210 Å². The van der Waals surface area contributed by atoms with Gasteiger partial charge in [-0.15, -0.1) is 0 Å². The highest BCUT2D eigenvalue weighted by molar-refractivity contribution is 7.94. The van der Waals surface area contributed by atoms with E-state index in [4.69, 9.17) is 4.52 Å². The lowest BCUT2D eigenvalue weighted by atomic mass is 9.87. The molecule has 1 aromatic heterocycles. The molecule has 2 amide bonds. The van der Waals surface area contributed by atoms with Crippen LogP contribution in [0, 0.1) is 6.92 Å². The van der Waals surface area contributed by atoms with Gasteiger partial charge in [-0.3, -0.25) is 4.90 Å². The second kappa shape index (κ2) is 8.60. The summed E-state index contributed by atoms with van der Waals surface area (Å²) in [5.41, 5.74) is 3.35. The summed E-state index contributed by atoms with van der Waals surface area (Å²) < 4.78 is 33.2. The lowest BCUT2D eigenvalue weighted by Crippen LogP contribution is -2.50. The number of benzene rings is 3. The molecule has 8 nitrogen and oxygen atoms in total. The quantitative estimate of drug-likeness (QED) is 0.356. The number of sulfonamides is 1. The predicted octanol–water partition coefficient (Wildman–Crippen LogP) is 5.68. The maximum atomic E-state index is 13.6. The molecule has 1 aliphatic rings. The second-order valence-corrected chi connectivity index (χ2v) is 11.5. The zero-order chi connectivity index (χ0) is 25.7. The lowest BCUT2D eigenvalue weighted by molar-refractivity contribution is 0.252. The first-order valence-corrected chi connectivity index (χ1v) is 13.0. The number of rotatable bonds is 4. The summed E-state index contributed by atoms with van der Waals surface area (Å²) >= 11 is 0. The molecule has 184 valence electrons. The minimum atomic E-state index is -4.11. The zero-order valence-corrected chi connectivity index (χ0v) is 21.3. The molecule has 0 spiro atoms. The SMILES string of the molecule is Cc1cccc(N2C(=O)N(Cc3nc(-c4ccc(C(C)(C)C)cc4)no3)c3ccccc3S2(=O)=O)c1. The number of nitrogens with zero attached hydrogens (tertiary/aromatic N) is 4. The van der Waals surface area contributed by atoms with Gasteiger partial charge in [0, 0.05) is 5.56 Å². The summed E-state index contributed by atoms with van der Waals surface area (Å²) in [5, 5.41) is 4.09. The summed E-state index contributed by atoms with van der Waals surface area (Å²) in [4.78, 5) is 19.5. The minimum Gasteiger partial charge on any atom is -0.337 e. The third-order valence-corrected chi connectivity index (χ3v) is 7.83. The number of para-hydroxylation sites is 1. The van der Waals surface area contributed by atoms with Gasteiger partial charge in [-0.1, -0.05) is 74.5 Å². The molecule has 0 aliphatic carbocycles. The van der Waals surface area contributed by atoms with Crippen LogP contribution in [-0.4, -0.2) is 24.6 Å². The van der Waals surface area contributed by atoms with E-state index in [0.717, 1.165) is 15.4 Å². The first kappa shape index (κ1) is 23.7. The topological polar surface area (TPSA) is 96.6 Å². The number of aromatic nitrogens is 2. The third kappa shape index (κ3) is 4.15. The maximum Gasteiger partial charge on any atom is 0.343 e. The van der Waals surface area contributed by atoms with E-state index in [1.54, 1.807) is 36.4 Å². The van der Waals surface area contributed by atoms with Crippen molar-refractivity contribution in [2.24, 2.45) is 0 Å². The Morgan fingerprint density at radius 3 is 2.36 bits per heavy atom. The summed E-state index contributed by atoms with van der Waals surface area (Å²) in [6, 6.07) is 20.4. The molecule has 0 saturated carbocycles. The number of fused-ring (bicyclic) bond motifs is 1. The van der Waals surface area contributed by atoms with Crippen LogP contribution in [0.3, 0.4) is 0 Å². The molecule has 0 N–H and O–H groups in total. The molecule has 3 aromatic carbocycles. The highest BCUT2D eigenvalue weighted by atomic mass is 32.2. The standard InChI is InChI=1S/C27H26N4O4S/c1-18-8-7-9-21(16-18)31-26(32)30(22-10-5-6-11-23(22)36(31,33)34)17-24-28-25(29-35-24)19-12-14-20(15-13-19)27(2,3)4/h5-16H,17H2,1-4H3. The van der Waals surface area contributed by atoms with E-state index in [9.17, 15) is 13.2 Å². The molecule has 0 saturated heterocycles. The number of carbonyl (C=O) groups is 1. The van der Waals surface area contributed by atoms with Crippen molar-refractivity contribution in [3.05, 3.63) is 89.8 Å². The highest BCUT2D eigenvalue weighted by Gasteiger charge is 2.43. The van der Waals surface area contributed by atoms with Crippen LogP contribution in [0.2, 0.25) is 0 Å². The molecule has 0 atom stereocenters. The molecule has 36 heavy (non-hydrogen) atoms. The Bertz CT molecular complexity index is 1550. The number of hydrogen-bond acceptors (Lipinski definition) is 6. The molecule has 1 aliphatic heterocycles. The number of urea groups is 1. The van der Waals surface area contributed by atoms with Crippen LogP contribution >= 0.6 is 0 Å². The summed E-state index contributed by atoms with van der Waals surface area (Å²) in [5.74, 6) is 0.586. The van der Waals surface area contributed by atoms with Gasteiger partial charge in [-0.05, 0) is 47.7 Å². The Kier molecular flexibility index (Phi) is 5.67. The molecule has 2 heterocycles. The van der Waals surface area contributed by atoms with Crippen LogP contribution in [0.15, 0.2) is 82.2 Å². The van der Waals surface area contributed by atoms with Crippen LogP contribution in [0.1, 0.15) is 37.8 Å². The van der Waals surface area contributed by atoms with Crippen molar-refractivity contribution < 1.29 is 17.7 Å². The first-order valence-electron chi connectivity index (χ1n) is 11.5. The zero-order valence-electron chi connectivity index (χ0n) is 20.5. The van der Waals surface area contributed by atoms with E-state index < -0.39 is 16.1 Å². The van der Waals surface area contributed by atoms with Gasteiger partial charge in [0.1, 0.15) is 11.4 Å². The summed E-state index contributed by atoms with van der Waals surface area (Å²) in [6.45, 7) is 8.18. The van der Waals surface area contributed by atoms with Crippen LogP contribution in [0.4, 0.5) is 16.2 Å². The van der Waals surface area contributed by atoms with E-state index >= 15 is 0 Å². The van der Waals surface area contributed by atoms with Crippen molar-refractivity contribution in [2.45, 2.75) is 44.6 Å². The van der Waals surface area contributed by atoms with Gasteiger partial charge >= 0.3 is 6.03 Å². The summed E-state index contributed by atoms with van der Waals surface area (Å²) in [6.07, 6.45) is 0. The largest absolute Gasteiger partial charge is 0.343 e. The Morgan fingerprint density at radius 1 is 0.944 bits per heavy atom. The number of hydrogen-bond donors (Lipinski definition) is 0. The summed E-state index contributed by atoms with van der Waals surface area (Å²) in [7, 11) is -4.11. The average Bonchev–Trinajstić information content (AvgIpc) is 3.30. The molecule has 9 heteroatoms. The van der Waals surface area contributed by atoms with Crippen LogP contribution < -0.4 is 9.21 Å². The lowest BCUT2D eigenvalue weighted by Gasteiger charge is -2.35. The Balaban J connectivity index is 1.50. The third-order valence-electron chi connectivity index (χ3n) is 6.09. The van der Waals surface area contributed by atoms with Crippen molar-refractivity contribution in [3.8, 4) is 11.4 Å². The molecular formula is C27H26N4O4S. The smallest absolute Gasteiger partial charge is 0.337 e. The number of aryl methyl sites for hydroxylation is 1. The second-order valence-electron chi connectivity index (χ2n) is 9.78.